The fraction of sp³-hybridized carbons (Fsp3) is 0.368. The van der Waals surface area contributed by atoms with Gasteiger partial charge in [-0.1, -0.05) is 66.7 Å². The zero-order chi connectivity index (χ0) is 37.0. The molecule has 0 bridgehead atoms. The van der Waals surface area contributed by atoms with Gasteiger partial charge in [-0.05, 0) is 43.0 Å². The minimum Gasteiger partial charge on any atom is -0.389 e. The van der Waals surface area contributed by atoms with Crippen molar-refractivity contribution in [3.05, 3.63) is 108 Å². The summed E-state index contributed by atoms with van der Waals surface area (Å²) in [6.45, 7) is 4.63. The minimum atomic E-state index is -1.09. The summed E-state index contributed by atoms with van der Waals surface area (Å²) in [6, 6.07) is 24.9. The number of nitrogens with zero attached hydrogens (tertiary/aromatic N) is 9. The molecule has 5 aromatic rings. The third kappa shape index (κ3) is 7.22. The first-order valence-corrected chi connectivity index (χ1v) is 18.4. The Hall–Kier alpha value is -5.84. The summed E-state index contributed by atoms with van der Waals surface area (Å²) in [5.41, 5.74) is 7.15. The van der Waals surface area contributed by atoms with E-state index in [2.05, 4.69) is 60.7 Å². The molecular formula is C38H45N13O3. The first kappa shape index (κ1) is 35.2. The van der Waals surface area contributed by atoms with Crippen LogP contribution in [-0.4, -0.2) is 108 Å². The number of nitrogens with one attached hydrogen (secondary N) is 4. The number of carbonyl (C=O) groups is 1. The Morgan fingerprint density at radius 1 is 0.944 bits per heavy atom. The van der Waals surface area contributed by atoms with E-state index in [1.54, 1.807) is 24.0 Å². The second kappa shape index (κ2) is 15.6. The number of hydrogen-bond acceptors (Lipinski definition) is 13. The number of pyridine rings is 1. The quantitative estimate of drug-likeness (QED) is 0.110. The molecule has 5 atom stereocenters. The maximum atomic E-state index is 12.8. The highest BCUT2D eigenvalue weighted by molar-refractivity contribution is 5.84. The van der Waals surface area contributed by atoms with Crippen LogP contribution in [0.2, 0.25) is 0 Å². The molecule has 2 aromatic carbocycles. The van der Waals surface area contributed by atoms with Crippen LogP contribution in [0.25, 0.3) is 11.2 Å². The number of hydrazone groups is 1. The summed E-state index contributed by atoms with van der Waals surface area (Å²) in [6.07, 6.45) is 4.02. The standard InChI is InChI=1S/C38H45N13O3/c1-2-49-24-43-47-51(49)31-19-30(33(52)34(31)53)50-23-42-32-35(40-21-29(25-11-5-3-6-12-25)26-13-7-4-8-14-26)45-37(46-36(32)50)48-18-16-28(22-48)44-38(54)41-20-27-15-9-10-17-39-27/h3-15,17,23-24,28-31,33-34,47,52-53H,2,16,18-22H2,1H3,(H,40,45,46)(H2,41,44,54)/t28-,30-,31+,33+,34-/m1/s1. The second-order valence-electron chi connectivity index (χ2n) is 13.8. The smallest absolute Gasteiger partial charge is 0.315 e. The molecule has 2 amide bonds. The molecule has 0 radical (unpaired) electrons. The number of rotatable bonds is 12. The SMILES string of the molecule is CCN1C=NNN1[C@H]1C[C@@H](n2cnc3c(NCC(c4ccccc4)c4ccccc4)nc(N4CC[C@@H](NC(=O)NCc5ccccn5)C4)nc32)[C@H](O)[C@@H]1O. The molecule has 16 nitrogen and oxygen atoms in total. The molecule has 1 aliphatic carbocycles. The average molecular weight is 732 g/mol. The number of aliphatic hydroxyl groups excluding tert-OH is 2. The molecule has 8 rings (SSSR count). The summed E-state index contributed by atoms with van der Waals surface area (Å²) in [5, 5.41) is 40.1. The number of hydrogen-bond donors (Lipinski definition) is 6. The van der Waals surface area contributed by atoms with Gasteiger partial charge in [0, 0.05) is 44.3 Å². The predicted molar refractivity (Wildman–Crippen MR) is 204 cm³/mol. The molecule has 0 unspecified atom stereocenters. The van der Waals surface area contributed by atoms with Gasteiger partial charge in [-0.3, -0.25) is 9.99 Å². The van der Waals surface area contributed by atoms with Crippen LogP contribution in [0.5, 0.6) is 0 Å². The first-order valence-electron chi connectivity index (χ1n) is 18.4. The van der Waals surface area contributed by atoms with Gasteiger partial charge in [-0.25, -0.2) is 15.3 Å². The normalized spacial score (nSPS) is 22.6. The lowest BCUT2D eigenvalue weighted by Crippen LogP contribution is -2.53. The number of carbonyl (C=O) groups excluding carboxylic acids is 1. The Morgan fingerprint density at radius 2 is 1.69 bits per heavy atom. The number of aliphatic hydroxyl groups is 2. The van der Waals surface area contributed by atoms with E-state index >= 15 is 0 Å². The van der Waals surface area contributed by atoms with Crippen molar-refractivity contribution in [2.45, 2.75) is 62.6 Å². The number of amides is 2. The van der Waals surface area contributed by atoms with Gasteiger partial charge < -0.3 is 35.6 Å². The van der Waals surface area contributed by atoms with Gasteiger partial charge in [0.1, 0.15) is 18.5 Å². The van der Waals surface area contributed by atoms with E-state index in [1.807, 2.05) is 71.1 Å². The first-order chi connectivity index (χ1) is 26.5. The van der Waals surface area contributed by atoms with Crippen molar-refractivity contribution in [2.75, 3.05) is 36.4 Å². The Morgan fingerprint density at radius 3 is 2.41 bits per heavy atom. The Bertz CT molecular complexity index is 2010. The van der Waals surface area contributed by atoms with E-state index in [9.17, 15) is 15.0 Å². The highest BCUT2D eigenvalue weighted by atomic mass is 16.3. The Balaban J connectivity index is 1.08. The summed E-state index contributed by atoms with van der Waals surface area (Å²) >= 11 is 0. The molecule has 280 valence electrons. The fourth-order valence-electron chi connectivity index (χ4n) is 7.65. The molecule has 3 aromatic heterocycles. The molecule has 54 heavy (non-hydrogen) atoms. The monoisotopic (exact) mass is 731 g/mol. The highest BCUT2D eigenvalue weighted by Crippen LogP contribution is 2.37. The molecule has 2 aliphatic heterocycles. The van der Waals surface area contributed by atoms with Crippen LogP contribution in [0, 0.1) is 0 Å². The van der Waals surface area contributed by atoms with Gasteiger partial charge in [0.25, 0.3) is 0 Å². The van der Waals surface area contributed by atoms with Gasteiger partial charge in [0.15, 0.2) is 17.0 Å². The summed E-state index contributed by atoms with van der Waals surface area (Å²) in [4.78, 5) is 34.0. The van der Waals surface area contributed by atoms with Crippen molar-refractivity contribution < 1.29 is 15.0 Å². The molecule has 3 aliphatic rings. The highest BCUT2D eigenvalue weighted by Gasteiger charge is 2.48. The van der Waals surface area contributed by atoms with Crippen LogP contribution < -0.4 is 26.4 Å². The summed E-state index contributed by atoms with van der Waals surface area (Å²) in [7, 11) is 0. The lowest BCUT2D eigenvalue weighted by Gasteiger charge is -2.32. The van der Waals surface area contributed by atoms with Crippen molar-refractivity contribution in [2.24, 2.45) is 5.10 Å². The van der Waals surface area contributed by atoms with E-state index in [4.69, 9.17) is 15.0 Å². The van der Waals surface area contributed by atoms with Crippen molar-refractivity contribution in [1.29, 1.82) is 0 Å². The van der Waals surface area contributed by atoms with E-state index in [-0.39, 0.29) is 18.0 Å². The van der Waals surface area contributed by atoms with Gasteiger partial charge in [-0.15, -0.1) is 5.12 Å². The topological polar surface area (TPSA) is 184 Å². The number of anilines is 2. The number of benzene rings is 2. The lowest BCUT2D eigenvalue weighted by molar-refractivity contribution is -0.0811. The number of hydrazine groups is 2. The van der Waals surface area contributed by atoms with Crippen LogP contribution in [0.1, 0.15) is 48.5 Å². The molecule has 1 saturated heterocycles. The largest absolute Gasteiger partial charge is 0.389 e. The van der Waals surface area contributed by atoms with E-state index in [1.165, 1.54) is 0 Å². The Labute approximate surface area is 312 Å². The predicted octanol–water partition coefficient (Wildman–Crippen LogP) is 2.58. The van der Waals surface area contributed by atoms with Crippen LogP contribution in [0.3, 0.4) is 0 Å². The zero-order valence-corrected chi connectivity index (χ0v) is 30.0. The van der Waals surface area contributed by atoms with Crippen LogP contribution in [0.4, 0.5) is 16.6 Å². The van der Waals surface area contributed by atoms with Gasteiger partial charge in [0.05, 0.1) is 30.6 Å². The Kier molecular flexibility index (Phi) is 10.2. The number of aromatic nitrogens is 5. The van der Waals surface area contributed by atoms with Crippen LogP contribution in [-0.2, 0) is 6.54 Å². The fourth-order valence-corrected chi connectivity index (χ4v) is 7.65. The minimum absolute atomic E-state index is 0.0252. The summed E-state index contributed by atoms with van der Waals surface area (Å²) in [5.74, 6) is 1.07. The van der Waals surface area contributed by atoms with Crippen molar-refractivity contribution >= 4 is 35.3 Å². The number of imidazole rings is 1. The number of fused-ring (bicyclic) bond motifs is 1. The maximum Gasteiger partial charge on any atom is 0.315 e. The number of urea groups is 1. The molecule has 16 heteroatoms. The van der Waals surface area contributed by atoms with Crippen LogP contribution in [0.15, 0.2) is 96.5 Å². The summed E-state index contributed by atoms with van der Waals surface area (Å²) < 4.78 is 1.86. The molecule has 2 fully saturated rings. The molecule has 0 spiro atoms. The third-order valence-electron chi connectivity index (χ3n) is 10.5. The van der Waals surface area contributed by atoms with Gasteiger partial charge in [0.2, 0.25) is 5.95 Å². The van der Waals surface area contributed by atoms with Crippen molar-refractivity contribution in [1.82, 2.24) is 50.8 Å². The second-order valence-corrected chi connectivity index (χ2v) is 13.8. The van der Waals surface area contributed by atoms with Crippen LogP contribution >= 0.6 is 0 Å². The van der Waals surface area contributed by atoms with Gasteiger partial charge >= 0.3 is 6.03 Å². The van der Waals surface area contributed by atoms with E-state index in [0.29, 0.717) is 68.5 Å². The van der Waals surface area contributed by atoms with E-state index in [0.717, 1.165) is 16.8 Å². The third-order valence-corrected chi connectivity index (χ3v) is 10.5. The lowest BCUT2D eigenvalue weighted by atomic mass is 9.91. The van der Waals surface area contributed by atoms with Crippen molar-refractivity contribution in [3.8, 4) is 0 Å². The van der Waals surface area contributed by atoms with Crippen molar-refractivity contribution in [3.63, 3.8) is 0 Å². The zero-order valence-electron chi connectivity index (χ0n) is 30.0. The molecular weight excluding hydrogens is 687 g/mol. The molecule has 5 heterocycles. The van der Waals surface area contributed by atoms with Gasteiger partial charge in [-0.2, -0.15) is 15.1 Å². The molecule has 1 saturated carbocycles. The molecule has 6 N–H and O–H groups in total. The van der Waals surface area contributed by atoms with E-state index < -0.39 is 24.3 Å². The average Bonchev–Trinajstić information content (AvgIpc) is 4.03. The maximum absolute atomic E-state index is 12.8.